The normalized spacial score (nSPS) is 26.8. The number of carbonyl (C=O) groups is 2. The number of amides is 1. The van der Waals surface area contributed by atoms with Crippen molar-refractivity contribution in [1.29, 1.82) is 0 Å². The molecule has 1 aliphatic rings. The molecule has 5 heteroatoms. The van der Waals surface area contributed by atoms with Crippen molar-refractivity contribution in [2.75, 3.05) is 13.1 Å². The van der Waals surface area contributed by atoms with E-state index < -0.39 is 18.0 Å². The van der Waals surface area contributed by atoms with Crippen LogP contribution in [0.15, 0.2) is 30.3 Å². The van der Waals surface area contributed by atoms with Crippen molar-refractivity contribution in [3.63, 3.8) is 0 Å². The summed E-state index contributed by atoms with van der Waals surface area (Å²) in [6.07, 6.45) is 0.267. The number of hydrogen-bond donors (Lipinski definition) is 2. The average Bonchev–Trinajstić information content (AvgIpc) is 2.40. The van der Waals surface area contributed by atoms with Crippen LogP contribution in [-0.4, -0.2) is 39.8 Å². The molecule has 0 aliphatic carbocycles. The standard InChI is InChI=1S/C14H17NO4/c16-13(17)12-7-4-8-15(10-12,14(18)19)9-11-5-2-1-3-6-11/h1-3,5-6,12H,4,7-10H2,(H-,16,17,18,19)/p+1. The Morgan fingerprint density at radius 3 is 2.47 bits per heavy atom. The van der Waals surface area contributed by atoms with Crippen LogP contribution in [0.25, 0.3) is 0 Å². The summed E-state index contributed by atoms with van der Waals surface area (Å²) in [5, 5.41) is 18.6. The zero-order valence-electron chi connectivity index (χ0n) is 10.7. The van der Waals surface area contributed by atoms with Gasteiger partial charge in [-0.1, -0.05) is 30.3 Å². The molecular weight excluding hydrogens is 246 g/mol. The van der Waals surface area contributed by atoms with Gasteiger partial charge in [0.25, 0.3) is 0 Å². The van der Waals surface area contributed by atoms with E-state index in [1.807, 2.05) is 30.3 Å². The van der Waals surface area contributed by atoms with Crippen molar-refractivity contribution in [3.8, 4) is 0 Å². The number of carboxylic acid groups (broad SMARTS) is 2. The zero-order valence-corrected chi connectivity index (χ0v) is 10.7. The molecule has 1 aromatic carbocycles. The van der Waals surface area contributed by atoms with Crippen molar-refractivity contribution < 1.29 is 24.3 Å². The van der Waals surface area contributed by atoms with Crippen molar-refractivity contribution in [1.82, 2.24) is 0 Å². The first-order chi connectivity index (χ1) is 9.03. The highest BCUT2D eigenvalue weighted by molar-refractivity contribution is 5.70. The topological polar surface area (TPSA) is 74.6 Å². The molecule has 1 aromatic rings. The molecule has 1 heterocycles. The number of nitrogens with zero attached hydrogens (tertiary/aromatic N) is 1. The van der Waals surface area contributed by atoms with E-state index in [0.717, 1.165) is 5.56 Å². The van der Waals surface area contributed by atoms with Gasteiger partial charge in [-0.15, -0.1) is 0 Å². The van der Waals surface area contributed by atoms with Crippen LogP contribution < -0.4 is 0 Å². The number of quaternary nitrogens is 1. The third-order valence-electron chi connectivity index (χ3n) is 3.79. The summed E-state index contributed by atoms with van der Waals surface area (Å²) in [6, 6.07) is 9.38. The molecule has 1 saturated heterocycles. The second-order valence-corrected chi connectivity index (χ2v) is 5.16. The maximum atomic E-state index is 11.6. The number of piperidine rings is 1. The Balaban J connectivity index is 2.23. The summed E-state index contributed by atoms with van der Waals surface area (Å²) < 4.78 is -0.180. The quantitative estimate of drug-likeness (QED) is 0.820. The molecule has 0 saturated carbocycles. The number of hydrogen-bond acceptors (Lipinski definition) is 2. The van der Waals surface area contributed by atoms with E-state index in [1.165, 1.54) is 0 Å². The molecule has 102 valence electrons. The number of carboxylic acids is 1. The van der Waals surface area contributed by atoms with Crippen LogP contribution in [0.1, 0.15) is 18.4 Å². The van der Waals surface area contributed by atoms with Gasteiger partial charge in [0.15, 0.2) is 0 Å². The number of aliphatic carboxylic acids is 1. The molecule has 19 heavy (non-hydrogen) atoms. The molecular formula is C14H18NO4+. The van der Waals surface area contributed by atoms with E-state index >= 15 is 0 Å². The molecule has 0 aromatic heterocycles. The van der Waals surface area contributed by atoms with Crippen LogP contribution in [0.2, 0.25) is 0 Å². The predicted molar refractivity (Wildman–Crippen MR) is 68.5 cm³/mol. The van der Waals surface area contributed by atoms with Gasteiger partial charge < -0.3 is 10.2 Å². The molecule has 2 atom stereocenters. The summed E-state index contributed by atoms with van der Waals surface area (Å²) in [5.74, 6) is -1.45. The maximum Gasteiger partial charge on any atom is 0.513 e. The van der Waals surface area contributed by atoms with Gasteiger partial charge in [-0.25, -0.2) is 4.48 Å². The lowest BCUT2D eigenvalue weighted by Gasteiger charge is -2.38. The highest BCUT2D eigenvalue weighted by Crippen LogP contribution is 2.27. The first-order valence-electron chi connectivity index (χ1n) is 6.40. The fourth-order valence-electron chi connectivity index (χ4n) is 2.76. The van der Waals surface area contributed by atoms with Gasteiger partial charge in [-0.05, 0) is 12.8 Å². The minimum Gasteiger partial charge on any atom is -0.481 e. The SMILES string of the molecule is O=C(O)C1CCC[N+](Cc2ccccc2)(C(=O)O)C1. The largest absolute Gasteiger partial charge is 0.513 e. The van der Waals surface area contributed by atoms with Gasteiger partial charge in [0, 0.05) is 5.56 Å². The van der Waals surface area contributed by atoms with Gasteiger partial charge in [0.2, 0.25) is 0 Å². The van der Waals surface area contributed by atoms with Gasteiger partial charge in [0.05, 0.1) is 6.54 Å². The third-order valence-corrected chi connectivity index (χ3v) is 3.79. The molecule has 0 spiro atoms. The van der Waals surface area contributed by atoms with Gasteiger partial charge in [-0.2, -0.15) is 4.79 Å². The average molecular weight is 264 g/mol. The van der Waals surface area contributed by atoms with Gasteiger partial charge in [0.1, 0.15) is 19.0 Å². The minimum absolute atomic E-state index is 0.166. The lowest BCUT2D eigenvalue weighted by Crippen LogP contribution is -2.57. The Morgan fingerprint density at radius 2 is 1.89 bits per heavy atom. The van der Waals surface area contributed by atoms with Crippen LogP contribution in [0.5, 0.6) is 0 Å². The van der Waals surface area contributed by atoms with Crippen LogP contribution in [0.3, 0.4) is 0 Å². The first kappa shape index (κ1) is 13.5. The van der Waals surface area contributed by atoms with Gasteiger partial charge >= 0.3 is 12.1 Å². The highest BCUT2D eigenvalue weighted by Gasteiger charge is 2.44. The molecule has 1 fully saturated rings. The van der Waals surface area contributed by atoms with Crippen LogP contribution in [-0.2, 0) is 11.3 Å². The first-order valence-corrected chi connectivity index (χ1v) is 6.40. The number of benzene rings is 1. The molecule has 1 aliphatic heterocycles. The maximum absolute atomic E-state index is 11.6. The Labute approximate surface area is 111 Å². The Bertz CT molecular complexity index is 474. The summed E-state index contributed by atoms with van der Waals surface area (Å²) in [5.41, 5.74) is 0.927. The molecule has 1 amide bonds. The highest BCUT2D eigenvalue weighted by atomic mass is 16.4. The van der Waals surface area contributed by atoms with Crippen molar-refractivity contribution in [2.24, 2.45) is 5.92 Å². The smallest absolute Gasteiger partial charge is 0.481 e. The van der Waals surface area contributed by atoms with Gasteiger partial charge in [-0.3, -0.25) is 4.79 Å². The second-order valence-electron chi connectivity index (χ2n) is 5.16. The fourth-order valence-corrected chi connectivity index (χ4v) is 2.76. The van der Waals surface area contributed by atoms with E-state index in [-0.39, 0.29) is 11.0 Å². The lowest BCUT2D eigenvalue weighted by atomic mass is 9.95. The molecule has 2 unspecified atom stereocenters. The van der Waals surface area contributed by atoms with Crippen LogP contribution in [0.4, 0.5) is 4.79 Å². The van der Waals surface area contributed by atoms with Crippen LogP contribution >= 0.6 is 0 Å². The van der Waals surface area contributed by atoms with E-state index in [0.29, 0.717) is 25.9 Å². The molecule has 5 nitrogen and oxygen atoms in total. The third kappa shape index (κ3) is 2.93. The molecule has 0 bridgehead atoms. The fraction of sp³-hybridized carbons (Fsp3) is 0.429. The number of likely N-dealkylation sites (tertiary alicyclic amines) is 1. The minimum atomic E-state index is -0.935. The zero-order chi connectivity index (χ0) is 13.9. The van der Waals surface area contributed by atoms with Crippen molar-refractivity contribution >= 4 is 12.1 Å². The molecule has 2 N–H and O–H groups in total. The van der Waals surface area contributed by atoms with Crippen molar-refractivity contribution in [3.05, 3.63) is 35.9 Å². The van der Waals surface area contributed by atoms with E-state index in [1.54, 1.807) is 0 Å². The number of rotatable bonds is 3. The lowest BCUT2D eigenvalue weighted by molar-refractivity contribution is -0.878. The molecule has 2 rings (SSSR count). The summed E-state index contributed by atoms with van der Waals surface area (Å²) >= 11 is 0. The Kier molecular flexibility index (Phi) is 3.85. The van der Waals surface area contributed by atoms with E-state index in [2.05, 4.69) is 0 Å². The van der Waals surface area contributed by atoms with Crippen molar-refractivity contribution in [2.45, 2.75) is 19.4 Å². The monoisotopic (exact) mass is 264 g/mol. The molecule has 0 radical (unpaired) electrons. The second kappa shape index (κ2) is 5.40. The van der Waals surface area contributed by atoms with E-state index in [9.17, 15) is 14.7 Å². The summed E-state index contributed by atoms with van der Waals surface area (Å²) in [4.78, 5) is 22.7. The van der Waals surface area contributed by atoms with E-state index in [4.69, 9.17) is 5.11 Å². The Hall–Kier alpha value is -1.88. The summed E-state index contributed by atoms with van der Waals surface area (Å²) in [7, 11) is 0. The Morgan fingerprint density at radius 1 is 1.21 bits per heavy atom. The summed E-state index contributed by atoms with van der Waals surface area (Å²) in [6.45, 7) is 1.01. The predicted octanol–water partition coefficient (Wildman–Crippen LogP) is 2.18. The van der Waals surface area contributed by atoms with Crippen LogP contribution in [0, 0.1) is 5.92 Å².